The van der Waals surface area contributed by atoms with Crippen LogP contribution in [0.5, 0.6) is 0 Å². The van der Waals surface area contributed by atoms with Crippen molar-refractivity contribution in [2.75, 3.05) is 52.7 Å². The lowest BCUT2D eigenvalue weighted by molar-refractivity contribution is -0.143. The third kappa shape index (κ3) is 30.7. The Bertz CT molecular complexity index is 754. The van der Waals surface area contributed by atoms with Crippen molar-refractivity contribution in [1.82, 2.24) is 16.0 Å². The number of hydrogen-bond acceptors (Lipinski definition) is 8. The lowest BCUT2D eigenvalue weighted by Gasteiger charge is -2.14. The van der Waals surface area contributed by atoms with Crippen LogP contribution in [0.4, 0.5) is 0 Å². The van der Waals surface area contributed by atoms with Crippen molar-refractivity contribution in [3.63, 3.8) is 0 Å². The zero-order valence-electron chi connectivity index (χ0n) is 26.5. The van der Waals surface area contributed by atoms with Crippen LogP contribution in [0.2, 0.25) is 0 Å². The first-order valence-corrected chi connectivity index (χ1v) is 16.3. The summed E-state index contributed by atoms with van der Waals surface area (Å²) in [5, 5.41) is 25.7. The van der Waals surface area contributed by atoms with Gasteiger partial charge in [-0.1, -0.05) is 64.2 Å². The molecule has 0 saturated heterocycles. The zero-order chi connectivity index (χ0) is 32.5. The van der Waals surface area contributed by atoms with E-state index in [2.05, 4.69) is 16.0 Å². The maximum absolute atomic E-state index is 12.2. The van der Waals surface area contributed by atoms with Gasteiger partial charge in [0.25, 0.3) is 0 Å². The number of ether oxygens (including phenoxy) is 3. The lowest BCUT2D eigenvalue weighted by atomic mass is 10.0. The highest BCUT2D eigenvalue weighted by atomic mass is 16.5. The van der Waals surface area contributed by atoms with E-state index in [4.69, 9.17) is 19.3 Å². The summed E-state index contributed by atoms with van der Waals surface area (Å²) < 4.78 is 16.2. The lowest BCUT2D eigenvalue weighted by Crippen LogP contribution is -2.44. The standard InChI is InChI=1S/C31H57N3O10/c35-26-32-17-13-19-42-21-23-44-24-22-43-20-14-18-33-29(37)25-27(31(40)41)34-28(36)15-11-9-7-5-3-1-2-4-6-8-10-12-16-30(38)39/h26-27H,1-25H2,(H,32,35)(H,33,37)(H,34,36)(H,38,39)(H,40,41)/t27-/m0/s1. The van der Waals surface area contributed by atoms with Crippen LogP contribution >= 0.6 is 0 Å². The minimum atomic E-state index is -1.26. The van der Waals surface area contributed by atoms with E-state index in [0.717, 1.165) is 57.8 Å². The molecule has 0 aliphatic rings. The molecule has 0 saturated carbocycles. The highest BCUT2D eigenvalue weighted by Gasteiger charge is 2.22. The van der Waals surface area contributed by atoms with Crippen LogP contribution in [-0.2, 0) is 38.2 Å². The third-order valence-corrected chi connectivity index (χ3v) is 6.79. The number of aliphatic carboxylic acids is 2. The third-order valence-electron chi connectivity index (χ3n) is 6.79. The predicted octanol–water partition coefficient (Wildman–Crippen LogP) is 3.18. The summed E-state index contributed by atoms with van der Waals surface area (Å²) >= 11 is 0. The molecule has 0 aromatic carbocycles. The molecule has 0 aromatic heterocycles. The van der Waals surface area contributed by atoms with E-state index in [1.54, 1.807) is 0 Å². The molecule has 0 heterocycles. The van der Waals surface area contributed by atoms with Gasteiger partial charge in [0.2, 0.25) is 18.2 Å². The number of carbonyl (C=O) groups is 5. The first kappa shape index (κ1) is 41.2. The van der Waals surface area contributed by atoms with Crippen molar-refractivity contribution in [3.8, 4) is 0 Å². The Labute approximate surface area is 262 Å². The second-order valence-corrected chi connectivity index (χ2v) is 10.8. The topological polar surface area (TPSA) is 190 Å². The van der Waals surface area contributed by atoms with E-state index in [-0.39, 0.29) is 25.2 Å². The Morgan fingerprint density at radius 2 is 1.02 bits per heavy atom. The first-order chi connectivity index (χ1) is 21.4. The molecule has 5 N–H and O–H groups in total. The van der Waals surface area contributed by atoms with Gasteiger partial charge in [-0.15, -0.1) is 0 Å². The molecule has 256 valence electrons. The SMILES string of the molecule is O=CNCCCOCCOCCOCCCNC(=O)C[C@H](NC(=O)CCCCCCCCCCCCCCC(=O)O)C(=O)O. The van der Waals surface area contributed by atoms with E-state index in [9.17, 15) is 29.1 Å². The molecule has 0 fully saturated rings. The molecule has 3 amide bonds. The quantitative estimate of drug-likeness (QED) is 0.0521. The first-order valence-electron chi connectivity index (χ1n) is 16.3. The van der Waals surface area contributed by atoms with Gasteiger partial charge in [0.05, 0.1) is 32.8 Å². The Hall–Kier alpha value is -2.77. The van der Waals surface area contributed by atoms with Gasteiger partial charge in [-0.05, 0) is 25.7 Å². The van der Waals surface area contributed by atoms with E-state index >= 15 is 0 Å². The van der Waals surface area contributed by atoms with E-state index in [1.807, 2.05) is 0 Å². The predicted molar refractivity (Wildman–Crippen MR) is 165 cm³/mol. The van der Waals surface area contributed by atoms with Gasteiger partial charge in [0.15, 0.2) is 0 Å². The minimum absolute atomic E-state index is 0.238. The fourth-order valence-electron chi connectivity index (χ4n) is 4.33. The van der Waals surface area contributed by atoms with Crippen molar-refractivity contribution in [2.24, 2.45) is 0 Å². The maximum atomic E-state index is 12.2. The molecule has 0 unspecified atom stereocenters. The Morgan fingerprint density at radius 3 is 1.50 bits per heavy atom. The summed E-state index contributed by atoms with van der Waals surface area (Å²) in [6.45, 7) is 3.63. The van der Waals surface area contributed by atoms with Crippen LogP contribution in [0.25, 0.3) is 0 Å². The van der Waals surface area contributed by atoms with E-state index < -0.39 is 23.9 Å². The van der Waals surface area contributed by atoms with Gasteiger partial charge in [-0.3, -0.25) is 19.2 Å². The van der Waals surface area contributed by atoms with E-state index in [1.165, 1.54) is 19.3 Å². The average molecular weight is 632 g/mol. The Morgan fingerprint density at radius 1 is 0.568 bits per heavy atom. The highest BCUT2D eigenvalue weighted by Crippen LogP contribution is 2.13. The second-order valence-electron chi connectivity index (χ2n) is 10.8. The normalized spacial score (nSPS) is 11.5. The largest absolute Gasteiger partial charge is 0.481 e. The summed E-state index contributed by atoms with van der Waals surface area (Å²) in [4.78, 5) is 56.4. The molecule has 0 spiro atoms. The van der Waals surface area contributed by atoms with Gasteiger partial charge >= 0.3 is 11.9 Å². The smallest absolute Gasteiger partial charge is 0.326 e. The number of unbranched alkanes of at least 4 members (excludes halogenated alkanes) is 11. The van der Waals surface area contributed by atoms with Gasteiger partial charge < -0.3 is 40.4 Å². The molecule has 44 heavy (non-hydrogen) atoms. The van der Waals surface area contributed by atoms with Crippen LogP contribution in [0, 0.1) is 0 Å². The molecule has 13 heteroatoms. The fraction of sp³-hybridized carbons (Fsp3) is 0.839. The maximum Gasteiger partial charge on any atom is 0.326 e. The van der Waals surface area contributed by atoms with Crippen LogP contribution in [-0.4, -0.2) is 99.1 Å². The summed E-state index contributed by atoms with van der Waals surface area (Å²) in [5.41, 5.74) is 0. The Balaban J connectivity index is 3.65. The van der Waals surface area contributed by atoms with Crippen LogP contribution in [0.1, 0.15) is 109 Å². The number of hydrogen-bond donors (Lipinski definition) is 5. The molecule has 0 bridgehead atoms. The van der Waals surface area contributed by atoms with Crippen molar-refractivity contribution in [3.05, 3.63) is 0 Å². The van der Waals surface area contributed by atoms with Gasteiger partial charge in [0.1, 0.15) is 6.04 Å². The van der Waals surface area contributed by atoms with Crippen molar-refractivity contribution < 1.29 is 48.4 Å². The molecule has 1 atom stereocenters. The number of nitrogens with one attached hydrogen (secondary N) is 3. The second kappa shape index (κ2) is 31.6. The van der Waals surface area contributed by atoms with Crippen LogP contribution < -0.4 is 16.0 Å². The molecule has 0 aliphatic carbocycles. The van der Waals surface area contributed by atoms with Crippen molar-refractivity contribution in [2.45, 2.75) is 115 Å². The number of rotatable bonds is 34. The summed E-state index contributed by atoms with van der Waals surface area (Å²) in [5.74, 6) is -2.76. The molecule has 0 rings (SSSR count). The Kier molecular flexibility index (Phi) is 29.7. The highest BCUT2D eigenvalue weighted by molar-refractivity contribution is 5.88. The van der Waals surface area contributed by atoms with Crippen molar-refractivity contribution in [1.29, 1.82) is 0 Å². The van der Waals surface area contributed by atoms with E-state index in [0.29, 0.717) is 72.0 Å². The van der Waals surface area contributed by atoms with Gasteiger partial charge in [-0.25, -0.2) is 4.79 Å². The zero-order valence-corrected chi connectivity index (χ0v) is 26.5. The van der Waals surface area contributed by atoms with Crippen LogP contribution in [0.3, 0.4) is 0 Å². The summed E-state index contributed by atoms with van der Waals surface area (Å²) in [7, 11) is 0. The van der Waals surface area contributed by atoms with Crippen molar-refractivity contribution >= 4 is 30.2 Å². The van der Waals surface area contributed by atoms with Gasteiger partial charge in [-0.2, -0.15) is 0 Å². The summed E-state index contributed by atoms with van der Waals surface area (Å²) in [6, 6.07) is -1.26. The number of amides is 3. The average Bonchev–Trinajstić information content (AvgIpc) is 2.98. The molecular formula is C31H57N3O10. The fourth-order valence-corrected chi connectivity index (χ4v) is 4.33. The number of carboxylic acids is 2. The molecular weight excluding hydrogens is 574 g/mol. The minimum Gasteiger partial charge on any atom is -0.481 e. The molecule has 0 aromatic rings. The number of carbonyl (C=O) groups excluding carboxylic acids is 3. The molecule has 0 radical (unpaired) electrons. The molecule has 13 nitrogen and oxygen atoms in total. The monoisotopic (exact) mass is 631 g/mol. The van der Waals surface area contributed by atoms with Crippen LogP contribution in [0.15, 0.2) is 0 Å². The summed E-state index contributed by atoms with van der Waals surface area (Å²) in [6.07, 6.45) is 14.6. The number of carboxylic acid groups (broad SMARTS) is 2. The van der Waals surface area contributed by atoms with Gasteiger partial charge in [0, 0.05) is 39.1 Å². The molecule has 0 aliphatic heterocycles.